The first-order chi connectivity index (χ1) is 9.78. The first-order valence-corrected chi connectivity index (χ1v) is 7.44. The molecule has 0 unspecified atom stereocenters. The van der Waals surface area contributed by atoms with E-state index in [1.807, 2.05) is 24.3 Å². The highest BCUT2D eigenvalue weighted by Crippen LogP contribution is 2.31. The average molecular weight is 306 g/mol. The molecule has 1 aliphatic rings. The molecular formula is C17H22ClN2O+. The number of carbonyl (C=O) groups is 1. The van der Waals surface area contributed by atoms with Crippen molar-refractivity contribution in [1.82, 2.24) is 4.90 Å². The second-order valence-corrected chi connectivity index (χ2v) is 6.81. The molecule has 2 rings (SSSR count). The molecule has 4 heteroatoms. The van der Waals surface area contributed by atoms with Crippen molar-refractivity contribution in [3.05, 3.63) is 53.2 Å². The lowest BCUT2D eigenvalue weighted by Crippen LogP contribution is -2.37. The molecule has 21 heavy (non-hydrogen) atoms. The topological polar surface area (TPSA) is 20.3 Å². The standard InChI is InChI=1S/C17H22ClN2O/c1-13-16(14-6-8-15(18)9-7-14)12-17(21)19(13)10-5-11-20(2,3)4/h6-9,12H,1,5,10-11H2,2-4H3/q+1. The summed E-state index contributed by atoms with van der Waals surface area (Å²) in [4.78, 5) is 13.9. The van der Waals surface area contributed by atoms with Gasteiger partial charge in [0.1, 0.15) is 0 Å². The number of allylic oxidation sites excluding steroid dienone is 1. The van der Waals surface area contributed by atoms with Crippen molar-refractivity contribution >= 4 is 23.1 Å². The van der Waals surface area contributed by atoms with Gasteiger partial charge < -0.3 is 9.38 Å². The van der Waals surface area contributed by atoms with Gasteiger partial charge in [0.05, 0.1) is 27.7 Å². The molecule has 1 aromatic carbocycles. The Hall–Kier alpha value is -1.58. The van der Waals surface area contributed by atoms with Crippen molar-refractivity contribution in [2.45, 2.75) is 6.42 Å². The van der Waals surface area contributed by atoms with E-state index in [2.05, 4.69) is 27.7 Å². The Kier molecular flexibility index (Phi) is 4.55. The number of quaternary nitrogens is 1. The maximum Gasteiger partial charge on any atom is 0.251 e. The molecule has 1 heterocycles. The second kappa shape index (κ2) is 6.04. The molecule has 112 valence electrons. The molecule has 0 spiro atoms. The lowest BCUT2D eigenvalue weighted by Gasteiger charge is -2.26. The highest BCUT2D eigenvalue weighted by Gasteiger charge is 2.26. The molecule has 0 bridgehead atoms. The fourth-order valence-electron chi connectivity index (χ4n) is 2.39. The zero-order valence-electron chi connectivity index (χ0n) is 12.9. The highest BCUT2D eigenvalue weighted by molar-refractivity contribution is 6.30. The van der Waals surface area contributed by atoms with Gasteiger partial charge in [0.25, 0.3) is 5.91 Å². The third-order valence-corrected chi connectivity index (χ3v) is 3.79. The van der Waals surface area contributed by atoms with Gasteiger partial charge in [-0.3, -0.25) is 4.79 Å². The predicted octanol–water partition coefficient (Wildman–Crippen LogP) is 3.18. The van der Waals surface area contributed by atoms with E-state index in [4.69, 9.17) is 11.6 Å². The zero-order chi connectivity index (χ0) is 15.6. The molecule has 0 atom stereocenters. The van der Waals surface area contributed by atoms with Crippen LogP contribution in [0.25, 0.3) is 5.57 Å². The molecule has 0 fully saturated rings. The predicted molar refractivity (Wildman–Crippen MR) is 87.8 cm³/mol. The van der Waals surface area contributed by atoms with Gasteiger partial charge in [-0.2, -0.15) is 0 Å². The molecule has 0 saturated heterocycles. The van der Waals surface area contributed by atoms with Gasteiger partial charge in [-0.15, -0.1) is 0 Å². The fourth-order valence-corrected chi connectivity index (χ4v) is 2.52. The minimum Gasteiger partial charge on any atom is -0.331 e. The number of amides is 1. The second-order valence-electron chi connectivity index (χ2n) is 6.37. The summed E-state index contributed by atoms with van der Waals surface area (Å²) in [6, 6.07) is 7.49. The Bertz CT molecular complexity index is 582. The Labute approximate surface area is 131 Å². The van der Waals surface area contributed by atoms with E-state index in [9.17, 15) is 4.79 Å². The van der Waals surface area contributed by atoms with Crippen LogP contribution < -0.4 is 0 Å². The largest absolute Gasteiger partial charge is 0.331 e. The molecule has 0 saturated carbocycles. The molecular weight excluding hydrogens is 284 g/mol. The Morgan fingerprint density at radius 3 is 2.38 bits per heavy atom. The van der Waals surface area contributed by atoms with E-state index in [-0.39, 0.29) is 5.91 Å². The number of halogens is 1. The molecule has 0 N–H and O–H groups in total. The van der Waals surface area contributed by atoms with Crippen LogP contribution in [0.15, 0.2) is 42.6 Å². The molecule has 3 nitrogen and oxygen atoms in total. The average Bonchev–Trinajstić information content (AvgIpc) is 2.66. The van der Waals surface area contributed by atoms with Crippen molar-refractivity contribution < 1.29 is 9.28 Å². The lowest BCUT2D eigenvalue weighted by molar-refractivity contribution is -0.870. The van der Waals surface area contributed by atoms with Crippen LogP contribution in [-0.4, -0.2) is 49.5 Å². The number of benzene rings is 1. The van der Waals surface area contributed by atoms with Gasteiger partial charge in [-0.25, -0.2) is 0 Å². The van der Waals surface area contributed by atoms with Gasteiger partial charge in [-0.05, 0) is 17.7 Å². The van der Waals surface area contributed by atoms with Crippen LogP contribution in [0.5, 0.6) is 0 Å². The minimum absolute atomic E-state index is 0.0198. The van der Waals surface area contributed by atoms with Crippen LogP contribution in [0.3, 0.4) is 0 Å². The summed E-state index contributed by atoms with van der Waals surface area (Å²) in [6.07, 6.45) is 2.62. The normalized spacial score (nSPS) is 15.6. The Morgan fingerprint density at radius 1 is 1.19 bits per heavy atom. The SMILES string of the molecule is C=C1C(c2ccc(Cl)cc2)=CC(=O)N1CCC[N+](C)(C)C. The quantitative estimate of drug-likeness (QED) is 0.765. The number of nitrogens with zero attached hydrogens (tertiary/aromatic N) is 2. The van der Waals surface area contributed by atoms with Crippen molar-refractivity contribution in [1.29, 1.82) is 0 Å². The molecule has 1 amide bonds. The van der Waals surface area contributed by atoms with Gasteiger partial charge in [-0.1, -0.05) is 30.3 Å². The van der Waals surface area contributed by atoms with Crippen LogP contribution in [-0.2, 0) is 4.79 Å². The van der Waals surface area contributed by atoms with Crippen LogP contribution in [0, 0.1) is 0 Å². The van der Waals surface area contributed by atoms with Crippen LogP contribution in [0.1, 0.15) is 12.0 Å². The summed E-state index contributed by atoms with van der Waals surface area (Å²) in [6.45, 7) is 5.81. The summed E-state index contributed by atoms with van der Waals surface area (Å²) in [5.41, 5.74) is 2.65. The minimum atomic E-state index is 0.0198. The zero-order valence-corrected chi connectivity index (χ0v) is 13.7. The number of hydrogen-bond donors (Lipinski definition) is 0. The van der Waals surface area contributed by atoms with Crippen molar-refractivity contribution in [3.8, 4) is 0 Å². The van der Waals surface area contributed by atoms with Gasteiger partial charge in [0, 0.05) is 35.3 Å². The third kappa shape index (κ3) is 3.96. The summed E-state index contributed by atoms with van der Waals surface area (Å²) in [5, 5.41) is 0.689. The Morgan fingerprint density at radius 2 is 1.81 bits per heavy atom. The fraction of sp³-hybridized carbons (Fsp3) is 0.353. The van der Waals surface area contributed by atoms with Crippen molar-refractivity contribution in [2.24, 2.45) is 0 Å². The molecule has 1 aromatic rings. The van der Waals surface area contributed by atoms with Gasteiger partial charge in [0.2, 0.25) is 0 Å². The monoisotopic (exact) mass is 305 g/mol. The van der Waals surface area contributed by atoms with Crippen molar-refractivity contribution in [2.75, 3.05) is 34.2 Å². The first kappa shape index (κ1) is 15.8. The van der Waals surface area contributed by atoms with E-state index >= 15 is 0 Å². The van der Waals surface area contributed by atoms with E-state index in [0.717, 1.165) is 34.3 Å². The molecule has 1 aliphatic heterocycles. The smallest absolute Gasteiger partial charge is 0.251 e. The van der Waals surface area contributed by atoms with Crippen LogP contribution >= 0.6 is 11.6 Å². The first-order valence-electron chi connectivity index (χ1n) is 7.07. The van der Waals surface area contributed by atoms with Gasteiger partial charge >= 0.3 is 0 Å². The summed E-state index contributed by atoms with van der Waals surface area (Å²) in [7, 11) is 6.45. The van der Waals surface area contributed by atoms with E-state index in [1.54, 1.807) is 11.0 Å². The summed E-state index contributed by atoms with van der Waals surface area (Å²) >= 11 is 5.90. The van der Waals surface area contributed by atoms with Crippen LogP contribution in [0.4, 0.5) is 0 Å². The summed E-state index contributed by atoms with van der Waals surface area (Å²) < 4.78 is 0.895. The maximum atomic E-state index is 12.1. The third-order valence-electron chi connectivity index (χ3n) is 3.54. The number of hydrogen-bond acceptors (Lipinski definition) is 1. The molecule has 0 aromatic heterocycles. The Balaban J connectivity index is 2.05. The lowest BCUT2D eigenvalue weighted by atomic mass is 10.1. The molecule has 0 aliphatic carbocycles. The maximum absolute atomic E-state index is 12.1. The van der Waals surface area contributed by atoms with Crippen molar-refractivity contribution in [3.63, 3.8) is 0 Å². The number of carbonyl (C=O) groups excluding carboxylic acids is 1. The van der Waals surface area contributed by atoms with Crippen LogP contribution in [0.2, 0.25) is 5.02 Å². The highest BCUT2D eigenvalue weighted by atomic mass is 35.5. The van der Waals surface area contributed by atoms with E-state index in [0.29, 0.717) is 11.6 Å². The summed E-state index contributed by atoms with van der Waals surface area (Å²) in [5.74, 6) is 0.0198. The number of rotatable bonds is 5. The van der Waals surface area contributed by atoms with E-state index < -0.39 is 0 Å². The van der Waals surface area contributed by atoms with Gasteiger partial charge in [0.15, 0.2) is 0 Å². The molecule has 0 radical (unpaired) electrons. The van der Waals surface area contributed by atoms with E-state index in [1.165, 1.54) is 0 Å².